The zero-order valence-electron chi connectivity index (χ0n) is 11.9. The number of nitrogens with one attached hydrogen (secondary N) is 1. The Morgan fingerprint density at radius 1 is 1.32 bits per heavy atom. The SMILES string of the molecule is C[C@H](Oc1ccccc1)C(=O)Nc1cc(-c2ccsc2)no1. The topological polar surface area (TPSA) is 64.4 Å². The quantitative estimate of drug-likeness (QED) is 0.778. The largest absolute Gasteiger partial charge is 0.481 e. The fourth-order valence-electron chi connectivity index (χ4n) is 1.86. The van der Waals surface area contributed by atoms with Crippen molar-refractivity contribution in [2.45, 2.75) is 13.0 Å². The summed E-state index contributed by atoms with van der Waals surface area (Å²) >= 11 is 1.57. The predicted octanol–water partition coefficient (Wildman–Crippen LogP) is 3.81. The average Bonchev–Trinajstić information content (AvgIpc) is 3.19. The molecule has 0 saturated heterocycles. The van der Waals surface area contributed by atoms with Crippen LogP contribution in [-0.4, -0.2) is 17.2 Å². The van der Waals surface area contributed by atoms with Crippen LogP contribution in [0.3, 0.4) is 0 Å². The Morgan fingerprint density at radius 2 is 2.14 bits per heavy atom. The van der Waals surface area contributed by atoms with Gasteiger partial charge in [0.05, 0.1) is 0 Å². The van der Waals surface area contributed by atoms with Gasteiger partial charge < -0.3 is 9.26 Å². The number of nitrogens with zero attached hydrogens (tertiary/aromatic N) is 1. The number of para-hydroxylation sites is 1. The molecule has 0 unspecified atom stereocenters. The number of hydrogen-bond donors (Lipinski definition) is 1. The van der Waals surface area contributed by atoms with Gasteiger partial charge in [0, 0.05) is 17.0 Å². The first-order chi connectivity index (χ1) is 10.7. The Balaban J connectivity index is 1.62. The van der Waals surface area contributed by atoms with Crippen LogP contribution in [0.2, 0.25) is 0 Å². The minimum atomic E-state index is -0.642. The van der Waals surface area contributed by atoms with E-state index >= 15 is 0 Å². The highest BCUT2D eigenvalue weighted by atomic mass is 32.1. The highest BCUT2D eigenvalue weighted by Gasteiger charge is 2.17. The molecule has 0 radical (unpaired) electrons. The second-order valence-electron chi connectivity index (χ2n) is 4.65. The molecule has 2 aromatic heterocycles. The molecule has 1 aromatic carbocycles. The minimum absolute atomic E-state index is 0.295. The second kappa shape index (κ2) is 6.44. The van der Waals surface area contributed by atoms with Crippen molar-refractivity contribution in [1.29, 1.82) is 0 Å². The number of rotatable bonds is 5. The van der Waals surface area contributed by atoms with Gasteiger partial charge >= 0.3 is 0 Å². The van der Waals surface area contributed by atoms with Crippen LogP contribution >= 0.6 is 11.3 Å². The van der Waals surface area contributed by atoms with Crippen LogP contribution in [0, 0.1) is 0 Å². The molecule has 3 rings (SSSR count). The van der Waals surface area contributed by atoms with Crippen molar-refractivity contribution in [3.63, 3.8) is 0 Å². The number of carbonyl (C=O) groups excluding carboxylic acids is 1. The zero-order chi connectivity index (χ0) is 15.4. The maximum atomic E-state index is 12.1. The molecular formula is C16H14N2O3S. The molecule has 22 heavy (non-hydrogen) atoms. The van der Waals surface area contributed by atoms with E-state index in [-0.39, 0.29) is 5.91 Å². The van der Waals surface area contributed by atoms with Gasteiger partial charge in [0.25, 0.3) is 5.91 Å². The Labute approximate surface area is 131 Å². The summed E-state index contributed by atoms with van der Waals surface area (Å²) in [5, 5.41) is 10.5. The third-order valence-corrected chi connectivity index (χ3v) is 3.68. The van der Waals surface area contributed by atoms with Crippen LogP contribution < -0.4 is 10.1 Å². The number of thiophene rings is 1. The van der Waals surface area contributed by atoms with Crippen molar-refractivity contribution in [2.75, 3.05) is 5.32 Å². The third-order valence-electron chi connectivity index (χ3n) is 3.00. The highest BCUT2D eigenvalue weighted by molar-refractivity contribution is 7.08. The van der Waals surface area contributed by atoms with E-state index in [4.69, 9.17) is 9.26 Å². The van der Waals surface area contributed by atoms with Crippen LogP contribution in [0.25, 0.3) is 11.3 Å². The summed E-state index contributed by atoms with van der Waals surface area (Å²) in [6.45, 7) is 1.68. The van der Waals surface area contributed by atoms with Gasteiger partial charge in [-0.2, -0.15) is 11.3 Å². The molecular weight excluding hydrogens is 300 g/mol. The molecule has 1 N–H and O–H groups in total. The van der Waals surface area contributed by atoms with E-state index in [1.54, 1.807) is 36.5 Å². The Hall–Kier alpha value is -2.60. The molecule has 0 aliphatic rings. The summed E-state index contributed by atoms with van der Waals surface area (Å²) in [5.41, 5.74) is 1.65. The summed E-state index contributed by atoms with van der Waals surface area (Å²) < 4.78 is 10.7. The van der Waals surface area contributed by atoms with E-state index < -0.39 is 6.10 Å². The van der Waals surface area contributed by atoms with Gasteiger partial charge in [-0.05, 0) is 30.5 Å². The molecule has 3 aromatic rings. The molecule has 0 spiro atoms. The standard InChI is InChI=1S/C16H14N2O3S/c1-11(20-13-5-3-2-4-6-13)16(19)17-15-9-14(18-21-15)12-7-8-22-10-12/h2-11H,1H3,(H,17,19)/t11-/m0/s1. The van der Waals surface area contributed by atoms with Crippen molar-refractivity contribution in [3.05, 3.63) is 53.2 Å². The van der Waals surface area contributed by atoms with Gasteiger partial charge in [-0.25, -0.2) is 0 Å². The van der Waals surface area contributed by atoms with Crippen LogP contribution in [0.1, 0.15) is 6.92 Å². The van der Waals surface area contributed by atoms with Gasteiger partial charge in [0.2, 0.25) is 5.88 Å². The summed E-state index contributed by atoms with van der Waals surface area (Å²) in [7, 11) is 0. The van der Waals surface area contributed by atoms with E-state index in [1.807, 2.05) is 35.0 Å². The first kappa shape index (κ1) is 14.3. The Kier molecular flexibility index (Phi) is 4.20. The van der Waals surface area contributed by atoms with E-state index in [0.29, 0.717) is 17.3 Å². The Morgan fingerprint density at radius 3 is 2.86 bits per heavy atom. The summed E-state index contributed by atoms with van der Waals surface area (Å²) in [5.74, 6) is 0.647. The lowest BCUT2D eigenvalue weighted by molar-refractivity contribution is -0.122. The second-order valence-corrected chi connectivity index (χ2v) is 5.43. The van der Waals surface area contributed by atoms with E-state index in [0.717, 1.165) is 5.56 Å². The molecule has 0 aliphatic heterocycles. The van der Waals surface area contributed by atoms with Crippen molar-refractivity contribution in [2.24, 2.45) is 0 Å². The number of anilines is 1. The number of amides is 1. The lowest BCUT2D eigenvalue weighted by Gasteiger charge is -2.13. The number of hydrogen-bond acceptors (Lipinski definition) is 5. The van der Waals surface area contributed by atoms with Gasteiger partial charge in [-0.3, -0.25) is 10.1 Å². The number of ether oxygens (including phenoxy) is 1. The van der Waals surface area contributed by atoms with Gasteiger partial charge in [-0.1, -0.05) is 23.4 Å². The summed E-state index contributed by atoms with van der Waals surface area (Å²) in [6.07, 6.45) is -0.642. The molecule has 0 aliphatic carbocycles. The van der Waals surface area contributed by atoms with Crippen LogP contribution in [-0.2, 0) is 4.79 Å². The van der Waals surface area contributed by atoms with Crippen LogP contribution in [0.4, 0.5) is 5.88 Å². The van der Waals surface area contributed by atoms with E-state index in [9.17, 15) is 4.79 Å². The first-order valence-corrected chi connectivity index (χ1v) is 7.68. The van der Waals surface area contributed by atoms with E-state index in [2.05, 4.69) is 10.5 Å². The average molecular weight is 314 g/mol. The zero-order valence-corrected chi connectivity index (χ0v) is 12.7. The van der Waals surface area contributed by atoms with E-state index in [1.165, 1.54) is 0 Å². The molecule has 0 saturated carbocycles. The molecule has 1 amide bonds. The number of benzene rings is 1. The van der Waals surface area contributed by atoms with Crippen molar-refractivity contribution < 1.29 is 14.1 Å². The third kappa shape index (κ3) is 3.35. The minimum Gasteiger partial charge on any atom is -0.481 e. The fourth-order valence-corrected chi connectivity index (χ4v) is 2.51. The van der Waals surface area contributed by atoms with Crippen LogP contribution in [0.15, 0.2) is 57.7 Å². The monoisotopic (exact) mass is 314 g/mol. The maximum Gasteiger partial charge on any atom is 0.267 e. The summed E-state index contributed by atoms with van der Waals surface area (Å²) in [4.78, 5) is 12.1. The maximum absolute atomic E-state index is 12.1. The van der Waals surface area contributed by atoms with Crippen molar-refractivity contribution in [1.82, 2.24) is 5.16 Å². The normalized spacial score (nSPS) is 11.9. The smallest absolute Gasteiger partial charge is 0.267 e. The predicted molar refractivity (Wildman–Crippen MR) is 85.0 cm³/mol. The van der Waals surface area contributed by atoms with Crippen molar-refractivity contribution in [3.8, 4) is 17.0 Å². The molecule has 2 heterocycles. The fraction of sp³-hybridized carbons (Fsp3) is 0.125. The highest BCUT2D eigenvalue weighted by Crippen LogP contribution is 2.23. The van der Waals surface area contributed by atoms with Crippen LogP contribution in [0.5, 0.6) is 5.75 Å². The van der Waals surface area contributed by atoms with Gasteiger partial charge in [-0.15, -0.1) is 0 Å². The molecule has 0 fully saturated rings. The molecule has 6 heteroatoms. The lowest BCUT2D eigenvalue weighted by atomic mass is 10.2. The Bertz CT molecular complexity index is 738. The molecule has 112 valence electrons. The molecule has 5 nitrogen and oxygen atoms in total. The number of aromatic nitrogens is 1. The first-order valence-electron chi connectivity index (χ1n) is 6.74. The summed E-state index contributed by atoms with van der Waals surface area (Å²) in [6, 6.07) is 12.8. The van der Waals surface area contributed by atoms with Crippen molar-refractivity contribution >= 4 is 23.1 Å². The molecule has 1 atom stereocenters. The van der Waals surface area contributed by atoms with Gasteiger partial charge in [0.1, 0.15) is 11.4 Å². The molecule has 0 bridgehead atoms. The van der Waals surface area contributed by atoms with Gasteiger partial charge in [0.15, 0.2) is 6.10 Å². The lowest BCUT2D eigenvalue weighted by Crippen LogP contribution is -2.29. The number of carbonyl (C=O) groups is 1.